The number of aliphatic hydroxyl groups is 1. The Balaban J connectivity index is 2.01. The van der Waals surface area contributed by atoms with E-state index in [0.717, 1.165) is 5.56 Å². The number of aliphatic hydroxyl groups excluding tert-OH is 1. The Hall–Kier alpha value is -3.31. The van der Waals surface area contributed by atoms with Gasteiger partial charge in [0.15, 0.2) is 0 Å². The van der Waals surface area contributed by atoms with Crippen LogP contribution >= 0.6 is 0 Å². The van der Waals surface area contributed by atoms with Crippen molar-refractivity contribution in [3.8, 4) is 17.2 Å². The van der Waals surface area contributed by atoms with Gasteiger partial charge in [-0.25, -0.2) is 4.79 Å². The molecule has 1 saturated heterocycles. The summed E-state index contributed by atoms with van der Waals surface area (Å²) in [6, 6.07) is 8.58. The fourth-order valence-electron chi connectivity index (χ4n) is 3.44. The van der Waals surface area contributed by atoms with Crippen molar-refractivity contribution < 1.29 is 15.0 Å². The summed E-state index contributed by atoms with van der Waals surface area (Å²) in [6.07, 6.45) is 2.19. The predicted molar refractivity (Wildman–Crippen MR) is 101 cm³/mol. The van der Waals surface area contributed by atoms with E-state index in [1.165, 1.54) is 4.90 Å². The van der Waals surface area contributed by atoms with E-state index < -0.39 is 12.1 Å². The first-order valence-electron chi connectivity index (χ1n) is 8.57. The average Bonchev–Trinajstić information content (AvgIpc) is 2.68. The standard InChI is InChI=1S/C19H21N5O3/c1-12-9-24(15(11-25)10-23(12)19(26)27)18-6-13(2-3-17(18)21)16-8-22-5-4-14(16)7-20/h2-6,8,12,15,25H,9-11,21H2,1H3,(H,26,27)/t12-,15+/m1/s1. The molecule has 8 nitrogen and oxygen atoms in total. The number of nitrogens with two attached hydrogens (primary N) is 1. The molecule has 1 amide bonds. The van der Waals surface area contributed by atoms with Gasteiger partial charge in [-0.15, -0.1) is 0 Å². The molecule has 0 saturated carbocycles. The highest BCUT2D eigenvalue weighted by Gasteiger charge is 2.34. The number of hydrogen-bond donors (Lipinski definition) is 3. The second kappa shape index (κ2) is 7.51. The largest absolute Gasteiger partial charge is 0.465 e. The zero-order valence-corrected chi connectivity index (χ0v) is 14.9. The molecule has 1 aromatic heterocycles. The average molecular weight is 367 g/mol. The van der Waals surface area contributed by atoms with E-state index in [-0.39, 0.29) is 19.2 Å². The Kier molecular flexibility index (Phi) is 5.14. The number of benzene rings is 1. The fraction of sp³-hybridized carbons (Fsp3) is 0.316. The van der Waals surface area contributed by atoms with E-state index in [2.05, 4.69) is 11.1 Å². The first-order chi connectivity index (χ1) is 13.0. The Morgan fingerprint density at radius 1 is 1.41 bits per heavy atom. The highest BCUT2D eigenvalue weighted by molar-refractivity contribution is 5.79. The van der Waals surface area contributed by atoms with E-state index in [9.17, 15) is 20.3 Å². The van der Waals surface area contributed by atoms with Gasteiger partial charge in [0.1, 0.15) is 0 Å². The molecule has 1 fully saturated rings. The van der Waals surface area contributed by atoms with Crippen LogP contribution in [-0.2, 0) is 0 Å². The van der Waals surface area contributed by atoms with E-state index in [1.807, 2.05) is 24.0 Å². The summed E-state index contributed by atoms with van der Waals surface area (Å²) in [7, 11) is 0. The minimum Gasteiger partial charge on any atom is -0.465 e. The van der Waals surface area contributed by atoms with Crippen molar-refractivity contribution in [2.75, 3.05) is 30.3 Å². The number of carboxylic acid groups (broad SMARTS) is 1. The van der Waals surface area contributed by atoms with Crippen molar-refractivity contribution in [3.05, 3.63) is 42.2 Å². The molecule has 0 radical (unpaired) electrons. The number of nitrogen functional groups attached to an aromatic ring is 1. The number of nitriles is 1. The molecule has 3 rings (SSSR count). The van der Waals surface area contributed by atoms with Crippen molar-refractivity contribution in [3.63, 3.8) is 0 Å². The third kappa shape index (κ3) is 3.50. The summed E-state index contributed by atoms with van der Waals surface area (Å²) in [5, 5.41) is 28.5. The lowest BCUT2D eigenvalue weighted by atomic mass is 9.99. The first-order valence-corrected chi connectivity index (χ1v) is 8.57. The number of pyridine rings is 1. The quantitative estimate of drug-likeness (QED) is 0.705. The molecule has 2 aromatic rings. The molecule has 8 heteroatoms. The van der Waals surface area contributed by atoms with Crippen LogP contribution in [-0.4, -0.2) is 58.0 Å². The minimum absolute atomic E-state index is 0.188. The summed E-state index contributed by atoms with van der Waals surface area (Å²) >= 11 is 0. The molecule has 0 spiro atoms. The molecule has 0 aliphatic carbocycles. The Bertz CT molecular complexity index is 895. The molecule has 2 atom stereocenters. The SMILES string of the molecule is C[C@@H]1CN(c2cc(-c3cnccc3C#N)ccc2N)[C@H](CO)CN1C(=O)O. The molecule has 1 aromatic carbocycles. The lowest BCUT2D eigenvalue weighted by Crippen LogP contribution is -2.60. The van der Waals surface area contributed by atoms with Gasteiger partial charge in [-0.05, 0) is 30.7 Å². The van der Waals surface area contributed by atoms with Gasteiger partial charge < -0.3 is 25.7 Å². The lowest BCUT2D eigenvalue weighted by Gasteiger charge is -2.45. The van der Waals surface area contributed by atoms with Gasteiger partial charge >= 0.3 is 6.09 Å². The van der Waals surface area contributed by atoms with Crippen LogP contribution in [0.2, 0.25) is 0 Å². The van der Waals surface area contributed by atoms with Crippen molar-refractivity contribution >= 4 is 17.5 Å². The molecular formula is C19H21N5O3. The van der Waals surface area contributed by atoms with Crippen LogP contribution < -0.4 is 10.6 Å². The van der Waals surface area contributed by atoms with Gasteiger partial charge in [-0.3, -0.25) is 4.98 Å². The zero-order chi connectivity index (χ0) is 19.6. The number of rotatable bonds is 3. The van der Waals surface area contributed by atoms with Crippen molar-refractivity contribution in [1.29, 1.82) is 5.26 Å². The highest BCUT2D eigenvalue weighted by atomic mass is 16.4. The number of hydrogen-bond acceptors (Lipinski definition) is 6. The molecule has 0 unspecified atom stereocenters. The second-order valence-corrected chi connectivity index (χ2v) is 6.58. The lowest BCUT2D eigenvalue weighted by molar-refractivity contribution is 0.102. The Labute approximate surface area is 157 Å². The summed E-state index contributed by atoms with van der Waals surface area (Å²) in [6.45, 7) is 2.22. The van der Waals surface area contributed by atoms with Crippen LogP contribution in [0.15, 0.2) is 36.7 Å². The first kappa shape index (κ1) is 18.5. The number of carbonyl (C=O) groups is 1. The van der Waals surface area contributed by atoms with Gasteiger partial charge in [0.2, 0.25) is 0 Å². The van der Waals surface area contributed by atoms with E-state index in [0.29, 0.717) is 29.0 Å². The Morgan fingerprint density at radius 2 is 2.19 bits per heavy atom. The minimum atomic E-state index is -1.00. The van der Waals surface area contributed by atoms with Crippen LogP contribution in [0.4, 0.5) is 16.2 Å². The molecular weight excluding hydrogens is 346 g/mol. The van der Waals surface area contributed by atoms with Crippen molar-refractivity contribution in [2.24, 2.45) is 0 Å². The zero-order valence-electron chi connectivity index (χ0n) is 14.9. The molecule has 0 bridgehead atoms. The third-order valence-corrected chi connectivity index (χ3v) is 4.89. The smallest absolute Gasteiger partial charge is 0.407 e. The van der Waals surface area contributed by atoms with E-state index in [1.54, 1.807) is 24.5 Å². The van der Waals surface area contributed by atoms with Crippen LogP contribution in [0.3, 0.4) is 0 Å². The van der Waals surface area contributed by atoms with E-state index in [4.69, 9.17) is 5.73 Å². The van der Waals surface area contributed by atoms with Crippen molar-refractivity contribution in [1.82, 2.24) is 9.88 Å². The van der Waals surface area contributed by atoms with Gasteiger partial charge in [-0.1, -0.05) is 6.07 Å². The molecule has 140 valence electrons. The topological polar surface area (TPSA) is 127 Å². The number of aromatic nitrogens is 1. The van der Waals surface area contributed by atoms with Crippen LogP contribution in [0.1, 0.15) is 12.5 Å². The summed E-state index contributed by atoms with van der Waals surface area (Å²) < 4.78 is 0. The third-order valence-electron chi connectivity index (χ3n) is 4.89. The Morgan fingerprint density at radius 3 is 2.85 bits per heavy atom. The normalized spacial score (nSPS) is 19.6. The summed E-state index contributed by atoms with van der Waals surface area (Å²) in [5.41, 5.74) is 9.40. The van der Waals surface area contributed by atoms with Crippen molar-refractivity contribution in [2.45, 2.75) is 19.0 Å². The number of amides is 1. The molecule has 27 heavy (non-hydrogen) atoms. The highest BCUT2D eigenvalue weighted by Crippen LogP contribution is 2.34. The maximum Gasteiger partial charge on any atom is 0.407 e. The number of piperazine rings is 1. The molecule has 4 N–H and O–H groups in total. The monoisotopic (exact) mass is 367 g/mol. The van der Waals surface area contributed by atoms with Gasteiger partial charge in [0.05, 0.1) is 35.7 Å². The molecule has 1 aliphatic rings. The summed E-state index contributed by atoms with van der Waals surface area (Å²) in [5.74, 6) is 0. The van der Waals surface area contributed by atoms with Crippen LogP contribution in [0.25, 0.3) is 11.1 Å². The fourth-order valence-corrected chi connectivity index (χ4v) is 3.44. The van der Waals surface area contributed by atoms with Gasteiger partial charge in [-0.2, -0.15) is 5.26 Å². The predicted octanol–water partition coefficient (Wildman–Crippen LogP) is 1.75. The molecule has 2 heterocycles. The second-order valence-electron chi connectivity index (χ2n) is 6.58. The van der Waals surface area contributed by atoms with Crippen LogP contribution in [0.5, 0.6) is 0 Å². The molecule has 1 aliphatic heterocycles. The maximum absolute atomic E-state index is 11.4. The van der Waals surface area contributed by atoms with Gasteiger partial charge in [0, 0.05) is 37.1 Å². The summed E-state index contributed by atoms with van der Waals surface area (Å²) in [4.78, 5) is 18.8. The van der Waals surface area contributed by atoms with E-state index >= 15 is 0 Å². The maximum atomic E-state index is 11.4. The van der Waals surface area contributed by atoms with Crippen LogP contribution in [0, 0.1) is 11.3 Å². The number of nitrogens with zero attached hydrogens (tertiary/aromatic N) is 4. The van der Waals surface area contributed by atoms with Gasteiger partial charge in [0.25, 0.3) is 0 Å². The number of anilines is 2.